The molecule has 1 spiro atoms. The van der Waals surface area contributed by atoms with Gasteiger partial charge in [-0.1, -0.05) is 11.8 Å². The van der Waals surface area contributed by atoms with E-state index in [9.17, 15) is 4.79 Å². The molecule has 0 amide bonds. The summed E-state index contributed by atoms with van der Waals surface area (Å²) in [5.74, 6) is 2.71. The summed E-state index contributed by atoms with van der Waals surface area (Å²) >= 11 is 1.43. The zero-order valence-electron chi connectivity index (χ0n) is 21.0. The Balaban J connectivity index is 1.24. The molecule has 4 aliphatic heterocycles. The van der Waals surface area contributed by atoms with Crippen LogP contribution in [0.5, 0.6) is 5.75 Å². The second-order valence-corrected chi connectivity index (χ2v) is 11.4. The van der Waals surface area contributed by atoms with Crippen molar-refractivity contribution < 1.29 is 19.0 Å². The van der Waals surface area contributed by atoms with E-state index in [1.165, 1.54) is 11.8 Å². The number of hydrogen-bond donors (Lipinski definition) is 2. The van der Waals surface area contributed by atoms with E-state index < -0.39 is 0 Å². The van der Waals surface area contributed by atoms with Crippen LogP contribution in [0.3, 0.4) is 0 Å². The van der Waals surface area contributed by atoms with Gasteiger partial charge in [0.1, 0.15) is 29.8 Å². The molecule has 6 rings (SSSR count). The number of fused-ring (bicyclic) bond motifs is 3. The quantitative estimate of drug-likeness (QED) is 0.530. The van der Waals surface area contributed by atoms with E-state index in [0.29, 0.717) is 42.3 Å². The number of hydrogen-bond acceptors (Lipinski definition) is 12. The summed E-state index contributed by atoms with van der Waals surface area (Å²) in [5.41, 5.74) is 13.3. The minimum atomic E-state index is 0.00726. The van der Waals surface area contributed by atoms with Crippen LogP contribution in [0.25, 0.3) is 0 Å². The molecule has 0 unspecified atom stereocenters. The maximum atomic E-state index is 11.0. The molecule has 37 heavy (non-hydrogen) atoms. The van der Waals surface area contributed by atoms with Gasteiger partial charge < -0.3 is 35.5 Å². The van der Waals surface area contributed by atoms with Crippen molar-refractivity contribution in [2.75, 3.05) is 48.4 Å². The summed E-state index contributed by atoms with van der Waals surface area (Å²) in [4.78, 5) is 30.5. The highest BCUT2D eigenvalue weighted by molar-refractivity contribution is 7.99. The number of pyridine rings is 1. The van der Waals surface area contributed by atoms with Crippen LogP contribution in [-0.4, -0.2) is 72.5 Å². The fraction of sp³-hybridized carbons (Fsp3) is 0.600. The van der Waals surface area contributed by atoms with E-state index in [1.54, 1.807) is 6.20 Å². The molecule has 2 aromatic rings. The van der Waals surface area contributed by atoms with Crippen LogP contribution in [-0.2, 0) is 20.9 Å². The number of ether oxygens (including phenoxy) is 3. The van der Waals surface area contributed by atoms with Gasteiger partial charge in [0, 0.05) is 31.1 Å². The second-order valence-electron chi connectivity index (χ2n) is 10.4. The fourth-order valence-corrected chi connectivity index (χ4v) is 6.97. The maximum Gasteiger partial charge on any atom is 0.293 e. The minimum Gasteiger partial charge on any atom is -0.486 e. The first-order valence-electron chi connectivity index (χ1n) is 12.9. The highest BCUT2D eigenvalue weighted by atomic mass is 32.2. The molecule has 3 fully saturated rings. The fourth-order valence-electron chi connectivity index (χ4n) is 6.06. The average molecular weight is 528 g/mol. The van der Waals surface area contributed by atoms with Crippen molar-refractivity contribution in [3.05, 3.63) is 18.0 Å². The predicted octanol–water partition coefficient (Wildman–Crippen LogP) is 1.97. The van der Waals surface area contributed by atoms with Gasteiger partial charge in [-0.3, -0.25) is 4.79 Å². The molecular formula is C25H33N7O4S. The molecule has 0 aliphatic carbocycles. The van der Waals surface area contributed by atoms with Crippen LogP contribution < -0.4 is 26.0 Å². The summed E-state index contributed by atoms with van der Waals surface area (Å²) in [6.45, 7) is 6.40. The Hall–Kier alpha value is -2.83. The maximum absolute atomic E-state index is 11.0. The zero-order chi connectivity index (χ0) is 25.6. The van der Waals surface area contributed by atoms with Gasteiger partial charge in [-0.2, -0.15) is 0 Å². The van der Waals surface area contributed by atoms with Crippen LogP contribution in [0.15, 0.2) is 22.2 Å². The first-order chi connectivity index (χ1) is 18.0. The van der Waals surface area contributed by atoms with Crippen LogP contribution in [0.1, 0.15) is 38.3 Å². The molecule has 4 aliphatic rings. The number of anilines is 3. The highest BCUT2D eigenvalue weighted by Gasteiger charge is 2.47. The van der Waals surface area contributed by atoms with Crippen molar-refractivity contribution in [2.45, 2.75) is 67.3 Å². The van der Waals surface area contributed by atoms with Crippen molar-refractivity contribution in [3.8, 4) is 5.75 Å². The summed E-state index contributed by atoms with van der Waals surface area (Å²) in [5, 5.41) is 0.668. The van der Waals surface area contributed by atoms with Gasteiger partial charge in [-0.25, -0.2) is 15.0 Å². The second kappa shape index (κ2) is 9.80. The number of piperidine rings is 1. The standard InChI is InChI=1S/C25H33N7O4S/c1-15-22(27)25(13-36-15)4-7-31(8-5-25)23-17(12-34-14-33)29-20(10-28-23)37-18-9-19(26)30-24-21(18)35-11-16-3-2-6-32(16)24/h9-10,14-16,22H,2-8,11-13,27H2,1H3,(H2,26,30)/t15-,16-,22+/m0/s1. The Morgan fingerprint density at radius 1 is 1.27 bits per heavy atom. The zero-order valence-corrected chi connectivity index (χ0v) is 21.8. The lowest BCUT2D eigenvalue weighted by Crippen LogP contribution is -2.51. The summed E-state index contributed by atoms with van der Waals surface area (Å²) in [7, 11) is 0. The third-order valence-corrected chi connectivity index (χ3v) is 9.15. The van der Waals surface area contributed by atoms with Gasteiger partial charge in [0.25, 0.3) is 6.47 Å². The van der Waals surface area contributed by atoms with E-state index in [1.807, 2.05) is 13.0 Å². The molecular weight excluding hydrogens is 494 g/mol. The third kappa shape index (κ3) is 4.44. The Morgan fingerprint density at radius 2 is 2.11 bits per heavy atom. The van der Waals surface area contributed by atoms with Gasteiger partial charge in [-0.15, -0.1) is 0 Å². The lowest BCUT2D eigenvalue weighted by molar-refractivity contribution is -0.129. The molecule has 0 radical (unpaired) electrons. The topological polar surface area (TPSA) is 142 Å². The van der Waals surface area contributed by atoms with Gasteiger partial charge in [0.15, 0.2) is 17.4 Å². The number of nitrogens with two attached hydrogens (primary N) is 2. The lowest BCUT2D eigenvalue weighted by Gasteiger charge is -2.41. The van der Waals surface area contributed by atoms with E-state index in [0.717, 1.165) is 67.6 Å². The molecule has 3 atom stereocenters. The van der Waals surface area contributed by atoms with Crippen LogP contribution >= 0.6 is 11.8 Å². The van der Waals surface area contributed by atoms with Gasteiger partial charge in [0.2, 0.25) is 0 Å². The van der Waals surface area contributed by atoms with Gasteiger partial charge in [-0.05, 0) is 38.7 Å². The van der Waals surface area contributed by atoms with Crippen molar-refractivity contribution in [2.24, 2.45) is 11.1 Å². The van der Waals surface area contributed by atoms with Gasteiger partial charge >= 0.3 is 0 Å². The first kappa shape index (κ1) is 24.5. The lowest BCUT2D eigenvalue weighted by atomic mass is 9.73. The van der Waals surface area contributed by atoms with Crippen molar-refractivity contribution in [3.63, 3.8) is 0 Å². The first-order valence-corrected chi connectivity index (χ1v) is 13.7. The minimum absolute atomic E-state index is 0.00726. The van der Waals surface area contributed by atoms with E-state index in [4.69, 9.17) is 35.6 Å². The predicted molar refractivity (Wildman–Crippen MR) is 139 cm³/mol. The van der Waals surface area contributed by atoms with Crippen molar-refractivity contribution in [1.29, 1.82) is 0 Å². The Bertz CT molecular complexity index is 1180. The number of aromatic nitrogens is 3. The Labute approximate surface area is 220 Å². The molecule has 2 aromatic heterocycles. The molecule has 198 valence electrons. The largest absolute Gasteiger partial charge is 0.486 e. The normalized spacial score (nSPS) is 26.1. The molecule has 6 heterocycles. The summed E-state index contributed by atoms with van der Waals surface area (Å²) < 4.78 is 17.1. The summed E-state index contributed by atoms with van der Waals surface area (Å²) in [6, 6.07) is 2.20. The molecule has 0 bridgehead atoms. The highest BCUT2D eigenvalue weighted by Crippen LogP contribution is 2.46. The van der Waals surface area contributed by atoms with E-state index in [2.05, 4.69) is 14.8 Å². The molecule has 4 N–H and O–H groups in total. The third-order valence-electron chi connectivity index (χ3n) is 8.22. The molecule has 0 saturated carbocycles. The molecule has 3 saturated heterocycles. The number of nitrogen functional groups attached to an aromatic ring is 1. The van der Waals surface area contributed by atoms with E-state index in [-0.39, 0.29) is 24.2 Å². The van der Waals surface area contributed by atoms with Crippen LogP contribution in [0.4, 0.5) is 17.5 Å². The SMILES string of the molecule is C[C@@H]1OCC2(CCN(c3ncc(Sc4cc(N)nc5c4OC[C@@H]4CCCN54)nc3COC=O)CC2)[C@@H]1N. The van der Waals surface area contributed by atoms with Crippen molar-refractivity contribution >= 4 is 35.7 Å². The smallest absolute Gasteiger partial charge is 0.293 e. The molecule has 0 aromatic carbocycles. The Kier molecular flexibility index (Phi) is 6.49. The van der Waals surface area contributed by atoms with E-state index >= 15 is 0 Å². The van der Waals surface area contributed by atoms with Crippen LogP contribution in [0.2, 0.25) is 0 Å². The van der Waals surface area contributed by atoms with Crippen LogP contribution in [0, 0.1) is 5.41 Å². The number of carbonyl (C=O) groups is 1. The van der Waals surface area contributed by atoms with Crippen molar-refractivity contribution in [1.82, 2.24) is 15.0 Å². The summed E-state index contributed by atoms with van der Waals surface area (Å²) in [6.07, 6.45) is 5.89. The molecule has 12 heteroatoms. The van der Waals surface area contributed by atoms with Gasteiger partial charge in [0.05, 0.1) is 29.8 Å². The molecule has 11 nitrogen and oxygen atoms in total. The Morgan fingerprint density at radius 3 is 2.86 bits per heavy atom. The number of rotatable bonds is 6. The monoisotopic (exact) mass is 527 g/mol. The number of carbonyl (C=O) groups excluding carboxylic acids is 1. The number of nitrogens with zero attached hydrogens (tertiary/aromatic N) is 5. The average Bonchev–Trinajstić information content (AvgIpc) is 3.49.